The first-order valence-corrected chi connectivity index (χ1v) is 8.27. The van der Waals surface area contributed by atoms with Gasteiger partial charge in [-0.1, -0.05) is 12.1 Å². The minimum absolute atomic E-state index is 0.341. The van der Waals surface area contributed by atoms with Gasteiger partial charge >= 0.3 is 12.1 Å². The molecule has 0 saturated heterocycles. The van der Waals surface area contributed by atoms with Crippen molar-refractivity contribution in [3.05, 3.63) is 29.8 Å². The smallest absolute Gasteiger partial charge is 0.497 e. The first kappa shape index (κ1) is 19.3. The Labute approximate surface area is 140 Å². The summed E-state index contributed by atoms with van der Waals surface area (Å²) in [6.45, 7) is 5.05. The molecule has 0 aliphatic rings. The van der Waals surface area contributed by atoms with Gasteiger partial charge in [0.05, 0.1) is 7.11 Å². The molecule has 23 heavy (non-hydrogen) atoms. The number of ether oxygens (including phenoxy) is 3. The summed E-state index contributed by atoms with van der Waals surface area (Å²) in [5.74, 6) is 1.03. The summed E-state index contributed by atoms with van der Waals surface area (Å²) in [5.41, 5.74) is 6.08. The average Bonchev–Trinajstić information content (AvgIpc) is 2.45. The Hall–Kier alpha value is -1.73. The van der Waals surface area contributed by atoms with Gasteiger partial charge in [-0.2, -0.15) is 11.8 Å². The van der Waals surface area contributed by atoms with Crippen molar-refractivity contribution in [1.82, 2.24) is 0 Å². The van der Waals surface area contributed by atoms with Crippen molar-refractivity contribution >= 4 is 23.9 Å². The summed E-state index contributed by atoms with van der Waals surface area (Å²) in [6.07, 6.45) is -1.03. The molecule has 0 amide bonds. The number of thioether (sulfide) groups is 1. The van der Waals surface area contributed by atoms with Gasteiger partial charge in [0.1, 0.15) is 17.4 Å². The van der Waals surface area contributed by atoms with Gasteiger partial charge in [-0.25, -0.2) is 9.59 Å². The van der Waals surface area contributed by atoms with Gasteiger partial charge in [0.2, 0.25) is 0 Å². The molecule has 7 heteroatoms. The van der Waals surface area contributed by atoms with Crippen LogP contribution in [0.4, 0.5) is 4.79 Å². The van der Waals surface area contributed by atoms with Crippen LogP contribution in [0.2, 0.25) is 0 Å². The van der Waals surface area contributed by atoms with E-state index >= 15 is 0 Å². The minimum Gasteiger partial charge on any atom is -0.497 e. The molecular weight excluding hydrogens is 318 g/mol. The lowest BCUT2D eigenvalue weighted by Gasteiger charge is -2.19. The Morgan fingerprint density at radius 1 is 1.22 bits per heavy atom. The predicted octanol–water partition coefficient (Wildman–Crippen LogP) is 2.73. The van der Waals surface area contributed by atoms with Gasteiger partial charge < -0.3 is 19.9 Å². The first-order chi connectivity index (χ1) is 10.7. The number of nitrogens with two attached hydrogens (primary N) is 1. The van der Waals surface area contributed by atoms with Crippen LogP contribution in [0.5, 0.6) is 5.75 Å². The number of esters is 1. The molecular formula is C16H23NO5S. The molecule has 128 valence electrons. The maximum absolute atomic E-state index is 11.7. The molecule has 0 fully saturated rings. The highest BCUT2D eigenvalue weighted by Crippen LogP contribution is 2.17. The van der Waals surface area contributed by atoms with Gasteiger partial charge in [0, 0.05) is 11.5 Å². The van der Waals surface area contributed by atoms with Crippen LogP contribution in [0.15, 0.2) is 24.3 Å². The van der Waals surface area contributed by atoms with Crippen LogP contribution in [-0.2, 0) is 20.0 Å². The van der Waals surface area contributed by atoms with Crippen LogP contribution in [0.25, 0.3) is 0 Å². The molecule has 1 aromatic carbocycles. The number of carbonyl (C=O) groups is 2. The topological polar surface area (TPSA) is 87.9 Å². The number of benzene rings is 1. The Kier molecular flexibility index (Phi) is 7.38. The molecule has 6 nitrogen and oxygen atoms in total. The molecule has 0 radical (unpaired) electrons. The second-order valence-corrected chi connectivity index (χ2v) is 6.89. The van der Waals surface area contributed by atoms with Gasteiger partial charge in [-0.3, -0.25) is 0 Å². The van der Waals surface area contributed by atoms with Crippen molar-refractivity contribution < 1.29 is 23.8 Å². The van der Waals surface area contributed by atoms with Crippen LogP contribution < -0.4 is 10.5 Å². The molecule has 0 aromatic heterocycles. The maximum Gasteiger partial charge on any atom is 0.516 e. The van der Waals surface area contributed by atoms with Crippen molar-refractivity contribution in [3.63, 3.8) is 0 Å². The summed E-state index contributed by atoms with van der Waals surface area (Å²) in [6, 6.07) is 6.73. The summed E-state index contributed by atoms with van der Waals surface area (Å²) in [7, 11) is 1.61. The van der Waals surface area contributed by atoms with Crippen LogP contribution in [0.1, 0.15) is 26.3 Å². The zero-order valence-electron chi connectivity index (χ0n) is 13.8. The first-order valence-electron chi connectivity index (χ1n) is 7.12. The maximum atomic E-state index is 11.7. The normalized spacial score (nSPS) is 12.4. The lowest BCUT2D eigenvalue weighted by atomic mass is 10.2. The van der Waals surface area contributed by atoms with E-state index in [1.165, 1.54) is 11.8 Å². The third-order valence-corrected chi connectivity index (χ3v) is 3.73. The third kappa shape index (κ3) is 7.90. The van der Waals surface area contributed by atoms with Crippen LogP contribution in [0.3, 0.4) is 0 Å². The van der Waals surface area contributed by atoms with E-state index in [2.05, 4.69) is 4.74 Å². The van der Waals surface area contributed by atoms with Gasteiger partial charge in [-0.15, -0.1) is 0 Å². The Morgan fingerprint density at radius 3 is 2.35 bits per heavy atom. The molecule has 0 aliphatic heterocycles. The zero-order chi connectivity index (χ0) is 17.5. The SMILES string of the molecule is COc1ccc(CSC[C@H](N)C(=O)OC(=O)OC(C)(C)C)cc1. The van der Waals surface area contributed by atoms with E-state index in [9.17, 15) is 9.59 Å². The van der Waals surface area contributed by atoms with Crippen LogP contribution in [0, 0.1) is 0 Å². The second-order valence-electron chi connectivity index (χ2n) is 5.86. The number of hydrogen-bond acceptors (Lipinski definition) is 7. The fourth-order valence-electron chi connectivity index (χ4n) is 1.52. The van der Waals surface area contributed by atoms with Crippen LogP contribution in [-0.4, -0.2) is 36.6 Å². The van der Waals surface area contributed by atoms with E-state index in [0.29, 0.717) is 11.5 Å². The lowest BCUT2D eigenvalue weighted by molar-refractivity contribution is -0.142. The van der Waals surface area contributed by atoms with Crippen molar-refractivity contribution in [2.45, 2.75) is 38.2 Å². The fraction of sp³-hybridized carbons (Fsp3) is 0.500. The molecule has 0 aliphatic carbocycles. The molecule has 1 rings (SSSR count). The molecule has 2 N–H and O–H groups in total. The molecule has 0 heterocycles. The molecule has 0 bridgehead atoms. The molecule has 0 saturated carbocycles. The van der Waals surface area contributed by atoms with Crippen molar-refractivity contribution in [3.8, 4) is 5.75 Å². The van der Waals surface area contributed by atoms with Crippen molar-refractivity contribution in [1.29, 1.82) is 0 Å². The van der Waals surface area contributed by atoms with Crippen molar-refractivity contribution in [2.24, 2.45) is 5.73 Å². The van der Waals surface area contributed by atoms with Gasteiger partial charge in [0.15, 0.2) is 0 Å². The summed E-state index contributed by atoms with van der Waals surface area (Å²) >= 11 is 1.48. The van der Waals surface area contributed by atoms with E-state index in [-0.39, 0.29) is 0 Å². The van der Waals surface area contributed by atoms with Gasteiger partial charge in [0.25, 0.3) is 0 Å². The average molecular weight is 341 g/mol. The largest absolute Gasteiger partial charge is 0.516 e. The van der Waals surface area contributed by atoms with Gasteiger partial charge in [-0.05, 0) is 38.5 Å². The highest BCUT2D eigenvalue weighted by Gasteiger charge is 2.23. The Bertz CT molecular complexity index is 524. The number of carbonyl (C=O) groups excluding carboxylic acids is 2. The summed E-state index contributed by atoms with van der Waals surface area (Å²) < 4.78 is 14.5. The highest BCUT2D eigenvalue weighted by atomic mass is 32.2. The van der Waals surface area contributed by atoms with E-state index in [1.807, 2.05) is 24.3 Å². The van der Waals surface area contributed by atoms with E-state index in [4.69, 9.17) is 15.2 Å². The third-order valence-electron chi connectivity index (χ3n) is 2.60. The van der Waals surface area contributed by atoms with E-state index < -0.39 is 23.8 Å². The summed E-state index contributed by atoms with van der Waals surface area (Å²) in [5, 5.41) is 0. The molecule has 0 unspecified atom stereocenters. The Morgan fingerprint density at radius 2 is 1.83 bits per heavy atom. The second kappa shape index (κ2) is 8.79. The quantitative estimate of drug-likeness (QED) is 0.628. The molecule has 1 atom stereocenters. The molecule has 0 spiro atoms. The predicted molar refractivity (Wildman–Crippen MR) is 89.5 cm³/mol. The van der Waals surface area contributed by atoms with E-state index in [0.717, 1.165) is 11.3 Å². The number of hydrogen-bond donors (Lipinski definition) is 1. The lowest BCUT2D eigenvalue weighted by Crippen LogP contribution is -2.37. The van der Waals surface area contributed by atoms with E-state index in [1.54, 1.807) is 27.9 Å². The highest BCUT2D eigenvalue weighted by molar-refractivity contribution is 7.98. The van der Waals surface area contributed by atoms with Crippen LogP contribution >= 0.6 is 11.8 Å². The number of methoxy groups -OCH3 is 1. The fourth-order valence-corrected chi connectivity index (χ4v) is 2.46. The standard InChI is InChI=1S/C16H23NO5S/c1-16(2,3)22-15(19)21-14(18)13(17)10-23-9-11-5-7-12(20-4)8-6-11/h5-8,13H,9-10,17H2,1-4H3/t13-/m0/s1. The zero-order valence-corrected chi connectivity index (χ0v) is 14.6. The van der Waals surface area contributed by atoms with Crippen molar-refractivity contribution in [2.75, 3.05) is 12.9 Å². The minimum atomic E-state index is -1.03. The number of rotatable bonds is 6. The molecule has 1 aromatic rings. The Balaban J connectivity index is 2.33. The summed E-state index contributed by atoms with van der Waals surface area (Å²) in [4.78, 5) is 23.1. The monoisotopic (exact) mass is 341 g/mol.